The number of likely N-dealkylation sites (N-methyl/N-ethyl adjacent to an activating group) is 3. The lowest BCUT2D eigenvalue weighted by Crippen LogP contribution is -2.60. The molecule has 17 heteroatoms. The smallest absolute Gasteiger partial charge is 0.329 e. The highest BCUT2D eigenvalue weighted by molar-refractivity contribution is 5.97. The average molecular weight is 927 g/mol. The maximum atomic E-state index is 14.8. The number of amides is 6. The van der Waals surface area contributed by atoms with E-state index in [0.29, 0.717) is 5.56 Å². The van der Waals surface area contributed by atoms with E-state index in [0.717, 1.165) is 49.6 Å². The van der Waals surface area contributed by atoms with Gasteiger partial charge in [-0.1, -0.05) is 93.9 Å². The molecule has 1 aromatic heterocycles. The van der Waals surface area contributed by atoms with E-state index in [4.69, 9.17) is 4.74 Å². The van der Waals surface area contributed by atoms with Crippen LogP contribution in [0.4, 0.5) is 4.39 Å². The lowest BCUT2D eigenvalue weighted by molar-refractivity contribution is -0.163. The van der Waals surface area contributed by atoms with Crippen LogP contribution in [0, 0.1) is 40.8 Å². The van der Waals surface area contributed by atoms with Crippen LogP contribution in [-0.2, 0) is 44.7 Å². The number of pyridine rings is 1. The standard InChI is InChI=1S/C49H79FN8O8/c1-13-15-18-32(7)24-38-46(62)56(10)34(9)49(65)66-42(20-17-21-51)45(61)55-39(25-33(8)19-16-14-2)48(64)57(11)40(23-31(5)6)43(59)53-37(22-30(3)4)47(63)58(12)41(44(60)54-38)27-35-26-36(50)29-52-28-35/h26,28-34,37-42H,13-20,22-25,27H2,1-12H3,(H,53,59)(H,54,60)(H,55,61)/t32-,33-,34?,37+,38+,39?,40+,41+,42-/m1/s1. The van der Waals surface area contributed by atoms with Crippen LogP contribution in [0.2, 0.25) is 0 Å². The summed E-state index contributed by atoms with van der Waals surface area (Å²) >= 11 is 0. The van der Waals surface area contributed by atoms with Gasteiger partial charge in [0.2, 0.25) is 29.5 Å². The molecule has 2 rings (SSSR count). The van der Waals surface area contributed by atoms with Crippen LogP contribution in [0.25, 0.3) is 0 Å². The van der Waals surface area contributed by atoms with E-state index in [1.54, 1.807) is 0 Å². The number of rotatable bonds is 18. The van der Waals surface area contributed by atoms with Crippen LogP contribution >= 0.6 is 0 Å². The third-order valence-electron chi connectivity index (χ3n) is 12.4. The number of nitrogens with zero attached hydrogens (tertiary/aromatic N) is 5. The topological polar surface area (TPSA) is 211 Å². The molecule has 0 saturated carbocycles. The molecule has 0 bridgehead atoms. The SMILES string of the molecule is CCCC[C@@H](C)CC1NC(=O)[C@@H](CCC#N)OC(=O)C(C)N(C)C(=O)[C@H](C[C@H](C)CCCC)NC(=O)[C@H](Cc2cncc(F)c2)N(C)C(=O)[C@H](CC(C)C)NC(=O)[C@H](CC(C)C)N(C)C1=O. The van der Waals surface area contributed by atoms with Crippen LogP contribution in [-0.4, -0.2) is 125 Å². The van der Waals surface area contributed by atoms with E-state index in [1.165, 1.54) is 50.1 Å². The molecule has 1 saturated heterocycles. The normalized spacial score (nSPS) is 24.6. The maximum absolute atomic E-state index is 14.8. The van der Waals surface area contributed by atoms with Gasteiger partial charge in [-0.15, -0.1) is 0 Å². The minimum atomic E-state index is -1.51. The molecule has 1 aromatic rings. The Kier molecular flexibility index (Phi) is 24.3. The van der Waals surface area contributed by atoms with E-state index in [2.05, 4.69) is 20.9 Å². The molecule has 66 heavy (non-hydrogen) atoms. The number of carbonyl (C=O) groups excluding carboxylic acids is 7. The predicted octanol–water partition coefficient (Wildman–Crippen LogP) is 5.47. The monoisotopic (exact) mass is 927 g/mol. The third kappa shape index (κ3) is 17.9. The Morgan fingerprint density at radius 3 is 1.65 bits per heavy atom. The highest BCUT2D eigenvalue weighted by atomic mass is 19.1. The second-order valence-corrected chi connectivity index (χ2v) is 19.3. The van der Waals surface area contributed by atoms with Crippen molar-refractivity contribution >= 4 is 41.4 Å². The van der Waals surface area contributed by atoms with Gasteiger partial charge in [0.25, 0.3) is 5.91 Å². The number of cyclic esters (lactones) is 1. The van der Waals surface area contributed by atoms with Crippen molar-refractivity contribution < 1.29 is 42.7 Å². The zero-order valence-corrected chi connectivity index (χ0v) is 41.7. The summed E-state index contributed by atoms with van der Waals surface area (Å²) in [5.74, 6) is -6.00. The highest BCUT2D eigenvalue weighted by Crippen LogP contribution is 2.22. The Morgan fingerprint density at radius 2 is 1.17 bits per heavy atom. The van der Waals surface area contributed by atoms with Crippen molar-refractivity contribution in [3.8, 4) is 6.07 Å². The number of hydrogen-bond donors (Lipinski definition) is 3. The first-order valence-corrected chi connectivity index (χ1v) is 23.9. The molecule has 1 aliphatic rings. The molecule has 16 nitrogen and oxygen atoms in total. The molecule has 1 fully saturated rings. The second-order valence-electron chi connectivity index (χ2n) is 19.3. The number of halogens is 1. The molecular weight excluding hydrogens is 848 g/mol. The lowest BCUT2D eigenvalue weighted by Gasteiger charge is -2.35. The number of nitrogens with one attached hydrogen (secondary N) is 3. The summed E-state index contributed by atoms with van der Waals surface area (Å²) in [5, 5.41) is 18.1. The first kappa shape index (κ1) is 57.0. The summed E-state index contributed by atoms with van der Waals surface area (Å²) in [5.41, 5.74) is 0.294. The molecule has 3 N–H and O–H groups in total. The van der Waals surface area contributed by atoms with Crippen molar-refractivity contribution in [1.82, 2.24) is 35.6 Å². The summed E-state index contributed by atoms with van der Waals surface area (Å²) in [6.07, 6.45) is 6.01. The fourth-order valence-electron chi connectivity index (χ4n) is 8.24. The van der Waals surface area contributed by atoms with Crippen molar-refractivity contribution in [1.29, 1.82) is 5.26 Å². The number of ether oxygens (including phenoxy) is 1. The van der Waals surface area contributed by atoms with Crippen molar-refractivity contribution in [2.45, 2.75) is 188 Å². The van der Waals surface area contributed by atoms with Gasteiger partial charge in [0.05, 0.1) is 12.3 Å². The summed E-state index contributed by atoms with van der Waals surface area (Å²) in [6.45, 7) is 16.9. The lowest BCUT2D eigenvalue weighted by atomic mass is 9.94. The van der Waals surface area contributed by atoms with Crippen LogP contribution < -0.4 is 16.0 Å². The molecule has 0 aliphatic carbocycles. The summed E-state index contributed by atoms with van der Waals surface area (Å²) in [4.78, 5) is 109. The number of carbonyl (C=O) groups is 7. The molecule has 9 atom stereocenters. The second kappa shape index (κ2) is 28.1. The Bertz CT molecular complexity index is 1820. The summed E-state index contributed by atoms with van der Waals surface area (Å²) < 4.78 is 20.3. The minimum Gasteiger partial charge on any atom is -0.451 e. The van der Waals surface area contributed by atoms with E-state index in [-0.39, 0.29) is 68.6 Å². The number of unbranched alkanes of at least 4 members (excludes halogenated alkanes) is 2. The molecule has 0 spiro atoms. The maximum Gasteiger partial charge on any atom is 0.329 e. The molecule has 2 unspecified atom stereocenters. The van der Waals surface area contributed by atoms with Crippen LogP contribution in [0.15, 0.2) is 18.5 Å². The zero-order chi connectivity index (χ0) is 49.8. The van der Waals surface area contributed by atoms with E-state index >= 15 is 0 Å². The zero-order valence-electron chi connectivity index (χ0n) is 41.7. The fourth-order valence-corrected chi connectivity index (χ4v) is 8.24. The van der Waals surface area contributed by atoms with Crippen molar-refractivity contribution in [3.63, 3.8) is 0 Å². The number of hydrogen-bond acceptors (Lipinski definition) is 10. The van der Waals surface area contributed by atoms with E-state index in [9.17, 15) is 43.2 Å². The van der Waals surface area contributed by atoms with Crippen LogP contribution in [0.5, 0.6) is 0 Å². The van der Waals surface area contributed by atoms with Gasteiger partial charge < -0.3 is 35.4 Å². The van der Waals surface area contributed by atoms with Gasteiger partial charge in [-0.05, 0) is 67.9 Å². The quantitative estimate of drug-likeness (QED) is 0.158. The Hall–Kier alpha value is -5.14. The molecule has 2 heterocycles. The largest absolute Gasteiger partial charge is 0.451 e. The Labute approximate surface area is 392 Å². The fraction of sp³-hybridized carbons (Fsp3) is 0.735. The average Bonchev–Trinajstić information content (AvgIpc) is 3.26. The predicted molar refractivity (Wildman–Crippen MR) is 249 cm³/mol. The van der Waals surface area contributed by atoms with Crippen LogP contribution in [0.1, 0.15) is 145 Å². The van der Waals surface area contributed by atoms with Crippen LogP contribution in [0.3, 0.4) is 0 Å². The van der Waals surface area contributed by atoms with Gasteiger partial charge in [0.15, 0.2) is 6.10 Å². The number of esters is 1. The van der Waals surface area contributed by atoms with Gasteiger partial charge in [-0.3, -0.25) is 33.8 Å². The highest BCUT2D eigenvalue weighted by Gasteiger charge is 2.40. The van der Waals surface area contributed by atoms with Gasteiger partial charge >= 0.3 is 5.97 Å². The van der Waals surface area contributed by atoms with Gasteiger partial charge in [-0.2, -0.15) is 5.26 Å². The van der Waals surface area contributed by atoms with E-state index in [1.807, 2.05) is 61.5 Å². The van der Waals surface area contributed by atoms with Crippen molar-refractivity contribution in [2.75, 3.05) is 21.1 Å². The Morgan fingerprint density at radius 1 is 0.697 bits per heavy atom. The van der Waals surface area contributed by atoms with Gasteiger partial charge in [-0.25, -0.2) is 9.18 Å². The Balaban J connectivity index is 2.92. The van der Waals surface area contributed by atoms with E-state index < -0.39 is 89.6 Å². The molecule has 370 valence electrons. The summed E-state index contributed by atoms with van der Waals surface area (Å²) in [6, 6.07) is -4.09. The number of aromatic nitrogens is 1. The molecule has 6 amide bonds. The minimum absolute atomic E-state index is 0.0483. The van der Waals surface area contributed by atoms with Crippen molar-refractivity contribution in [3.05, 3.63) is 29.8 Å². The first-order chi connectivity index (χ1) is 31.1. The van der Waals surface area contributed by atoms with Gasteiger partial charge in [0, 0.05) is 46.6 Å². The molecule has 0 radical (unpaired) electrons. The molecule has 0 aromatic carbocycles. The summed E-state index contributed by atoms with van der Waals surface area (Å²) in [7, 11) is 4.26. The van der Waals surface area contributed by atoms with Crippen molar-refractivity contribution in [2.24, 2.45) is 23.7 Å². The third-order valence-corrected chi connectivity index (χ3v) is 12.4. The molecule has 1 aliphatic heterocycles. The molecular formula is C49H79FN8O8. The first-order valence-electron chi connectivity index (χ1n) is 23.9. The number of nitriles is 1. The van der Waals surface area contributed by atoms with Gasteiger partial charge in [0.1, 0.15) is 42.1 Å².